The molecule has 0 spiro atoms. The molecule has 0 saturated heterocycles. The van der Waals surface area contributed by atoms with Crippen LogP contribution in [0.2, 0.25) is 0 Å². The van der Waals surface area contributed by atoms with Gasteiger partial charge in [0.1, 0.15) is 5.82 Å². The first-order chi connectivity index (χ1) is 11.3. The van der Waals surface area contributed by atoms with Crippen molar-refractivity contribution >= 4 is 17.0 Å². The molecule has 0 bridgehead atoms. The van der Waals surface area contributed by atoms with Gasteiger partial charge in [-0.3, -0.25) is 4.99 Å². The van der Waals surface area contributed by atoms with Gasteiger partial charge < -0.3 is 15.2 Å². The van der Waals surface area contributed by atoms with Gasteiger partial charge >= 0.3 is 0 Å². The fourth-order valence-electron chi connectivity index (χ4n) is 2.66. The maximum absolute atomic E-state index is 4.62. The third kappa shape index (κ3) is 4.98. The van der Waals surface area contributed by atoms with Crippen LogP contribution >= 0.6 is 0 Å². The number of rotatable bonds is 8. The molecule has 5 heteroatoms. The van der Waals surface area contributed by atoms with Gasteiger partial charge in [-0.25, -0.2) is 4.98 Å². The minimum atomic E-state index is 0.834. The van der Waals surface area contributed by atoms with Crippen molar-refractivity contribution in [1.29, 1.82) is 0 Å². The van der Waals surface area contributed by atoms with Crippen LogP contribution in [0, 0.1) is 6.92 Å². The molecule has 23 heavy (non-hydrogen) atoms. The van der Waals surface area contributed by atoms with E-state index in [1.807, 2.05) is 6.07 Å². The van der Waals surface area contributed by atoms with E-state index in [1.54, 1.807) is 0 Å². The van der Waals surface area contributed by atoms with Gasteiger partial charge in [0.05, 0.1) is 11.0 Å². The molecule has 0 aliphatic carbocycles. The molecule has 0 aliphatic heterocycles. The number of aryl methyl sites for hydroxylation is 1. The number of benzene rings is 1. The zero-order valence-corrected chi connectivity index (χ0v) is 14.6. The second-order valence-corrected chi connectivity index (χ2v) is 5.69. The lowest BCUT2D eigenvalue weighted by molar-refractivity contribution is 0.657. The van der Waals surface area contributed by atoms with E-state index in [0.717, 1.165) is 49.9 Å². The van der Waals surface area contributed by atoms with Crippen molar-refractivity contribution in [3.05, 3.63) is 30.1 Å². The lowest BCUT2D eigenvalue weighted by atomic mass is 10.2. The molecule has 0 saturated carbocycles. The van der Waals surface area contributed by atoms with Gasteiger partial charge in [-0.05, 0) is 32.4 Å². The van der Waals surface area contributed by atoms with Crippen LogP contribution in [-0.4, -0.2) is 35.1 Å². The van der Waals surface area contributed by atoms with Crippen molar-refractivity contribution in [1.82, 2.24) is 20.2 Å². The second kappa shape index (κ2) is 9.18. The molecular formula is C18H29N5. The lowest BCUT2D eigenvalue weighted by Gasteiger charge is -2.12. The molecule has 1 aromatic carbocycles. The van der Waals surface area contributed by atoms with E-state index < -0.39 is 0 Å². The number of fused-ring (bicyclic) bond motifs is 1. The summed E-state index contributed by atoms with van der Waals surface area (Å²) >= 11 is 0. The van der Waals surface area contributed by atoms with Gasteiger partial charge in [-0.2, -0.15) is 0 Å². The monoisotopic (exact) mass is 315 g/mol. The highest BCUT2D eigenvalue weighted by molar-refractivity contribution is 5.79. The van der Waals surface area contributed by atoms with Crippen LogP contribution in [0.4, 0.5) is 0 Å². The van der Waals surface area contributed by atoms with E-state index in [4.69, 9.17) is 0 Å². The van der Waals surface area contributed by atoms with E-state index in [9.17, 15) is 0 Å². The van der Waals surface area contributed by atoms with E-state index >= 15 is 0 Å². The summed E-state index contributed by atoms with van der Waals surface area (Å²) in [5.74, 6) is 1.96. The van der Waals surface area contributed by atoms with Crippen LogP contribution in [0.1, 0.15) is 38.9 Å². The first-order valence-corrected chi connectivity index (χ1v) is 8.70. The third-order valence-corrected chi connectivity index (χ3v) is 3.85. The Morgan fingerprint density at radius 1 is 1.17 bits per heavy atom. The maximum atomic E-state index is 4.62. The summed E-state index contributed by atoms with van der Waals surface area (Å²) in [5, 5.41) is 6.72. The van der Waals surface area contributed by atoms with Gasteiger partial charge in [0, 0.05) is 26.2 Å². The topological polar surface area (TPSA) is 54.2 Å². The predicted octanol–water partition coefficient (Wildman–Crippen LogP) is 3.09. The zero-order chi connectivity index (χ0) is 16.5. The molecule has 1 heterocycles. The van der Waals surface area contributed by atoms with Gasteiger partial charge in [-0.1, -0.05) is 31.9 Å². The van der Waals surface area contributed by atoms with E-state index in [1.165, 1.54) is 18.4 Å². The Morgan fingerprint density at radius 3 is 2.78 bits per heavy atom. The molecule has 0 fully saturated rings. The van der Waals surface area contributed by atoms with Crippen molar-refractivity contribution in [3.8, 4) is 0 Å². The molecule has 0 atom stereocenters. The normalized spacial score (nSPS) is 11.9. The maximum Gasteiger partial charge on any atom is 0.191 e. The molecule has 0 amide bonds. The number of hydrogen-bond acceptors (Lipinski definition) is 2. The average molecular weight is 315 g/mol. The van der Waals surface area contributed by atoms with Crippen molar-refractivity contribution < 1.29 is 0 Å². The number of para-hydroxylation sites is 2. The summed E-state index contributed by atoms with van der Waals surface area (Å²) in [6, 6.07) is 8.28. The highest BCUT2D eigenvalue weighted by Gasteiger charge is 2.06. The molecule has 2 N–H and O–H groups in total. The molecule has 1 aromatic heterocycles. The van der Waals surface area contributed by atoms with E-state index in [2.05, 4.69) is 64.1 Å². The quantitative estimate of drug-likeness (QED) is 0.447. The largest absolute Gasteiger partial charge is 0.357 e. The number of aliphatic imine (C=N–C) groups is 1. The van der Waals surface area contributed by atoms with Crippen molar-refractivity contribution in [2.75, 3.05) is 19.6 Å². The minimum Gasteiger partial charge on any atom is -0.357 e. The third-order valence-electron chi connectivity index (χ3n) is 3.85. The van der Waals surface area contributed by atoms with Gasteiger partial charge in [0.2, 0.25) is 0 Å². The Kier molecular flexibility index (Phi) is 6.91. The van der Waals surface area contributed by atoms with Crippen LogP contribution in [0.5, 0.6) is 0 Å². The summed E-state index contributed by atoms with van der Waals surface area (Å²) in [6.45, 7) is 9.85. The van der Waals surface area contributed by atoms with Crippen LogP contribution in [0.15, 0.2) is 29.3 Å². The van der Waals surface area contributed by atoms with Gasteiger partial charge in [-0.15, -0.1) is 0 Å². The smallest absolute Gasteiger partial charge is 0.191 e. The fourth-order valence-corrected chi connectivity index (χ4v) is 2.66. The van der Waals surface area contributed by atoms with Crippen molar-refractivity contribution in [2.24, 2.45) is 4.99 Å². The molecule has 2 rings (SSSR count). The average Bonchev–Trinajstić information content (AvgIpc) is 2.87. The highest BCUT2D eigenvalue weighted by Crippen LogP contribution is 2.14. The second-order valence-electron chi connectivity index (χ2n) is 5.69. The molecule has 2 aromatic rings. The van der Waals surface area contributed by atoms with Crippen LogP contribution in [-0.2, 0) is 6.54 Å². The van der Waals surface area contributed by atoms with Crippen molar-refractivity contribution in [3.63, 3.8) is 0 Å². The number of nitrogens with zero attached hydrogens (tertiary/aromatic N) is 3. The van der Waals surface area contributed by atoms with Crippen LogP contribution < -0.4 is 10.6 Å². The van der Waals surface area contributed by atoms with E-state index in [-0.39, 0.29) is 0 Å². The molecule has 5 nitrogen and oxygen atoms in total. The number of imidazole rings is 1. The number of nitrogens with one attached hydrogen (secondary N) is 2. The first kappa shape index (κ1) is 17.3. The van der Waals surface area contributed by atoms with Crippen molar-refractivity contribution in [2.45, 2.75) is 46.6 Å². The van der Waals surface area contributed by atoms with Crippen LogP contribution in [0.25, 0.3) is 11.0 Å². The Labute approximate surface area is 139 Å². The summed E-state index contributed by atoms with van der Waals surface area (Å²) in [7, 11) is 0. The van der Waals surface area contributed by atoms with Crippen LogP contribution in [0.3, 0.4) is 0 Å². The Morgan fingerprint density at radius 2 is 2.00 bits per heavy atom. The molecule has 0 aliphatic rings. The Hall–Kier alpha value is -2.04. The SMILES string of the molecule is CCCCCN=C(NCC)NCCn1c(C)nc2ccccc21. The fraction of sp³-hybridized carbons (Fsp3) is 0.556. The predicted molar refractivity (Wildman–Crippen MR) is 98.0 cm³/mol. The summed E-state index contributed by atoms with van der Waals surface area (Å²) in [4.78, 5) is 9.23. The molecule has 126 valence electrons. The summed E-state index contributed by atoms with van der Waals surface area (Å²) in [5.41, 5.74) is 2.25. The Bertz CT molecular complexity index is 629. The zero-order valence-electron chi connectivity index (χ0n) is 14.6. The lowest BCUT2D eigenvalue weighted by Crippen LogP contribution is -2.39. The molecule has 0 radical (unpaired) electrons. The van der Waals surface area contributed by atoms with Gasteiger partial charge in [0.25, 0.3) is 0 Å². The number of unbranched alkanes of at least 4 members (excludes halogenated alkanes) is 2. The first-order valence-electron chi connectivity index (χ1n) is 8.70. The molecule has 0 unspecified atom stereocenters. The van der Waals surface area contributed by atoms with E-state index in [0.29, 0.717) is 0 Å². The number of hydrogen-bond donors (Lipinski definition) is 2. The standard InChI is InChI=1S/C18H29N5/c1-4-6-9-12-20-18(19-5-2)21-13-14-23-15(3)22-16-10-7-8-11-17(16)23/h7-8,10-11H,4-6,9,12-14H2,1-3H3,(H2,19,20,21). The minimum absolute atomic E-state index is 0.834. The summed E-state index contributed by atoms with van der Waals surface area (Å²) < 4.78 is 2.25. The highest BCUT2D eigenvalue weighted by atomic mass is 15.2. The molecular weight excluding hydrogens is 286 g/mol. The number of aromatic nitrogens is 2. The number of guanidine groups is 1. The summed E-state index contributed by atoms with van der Waals surface area (Å²) in [6.07, 6.45) is 3.62. The van der Waals surface area contributed by atoms with Gasteiger partial charge in [0.15, 0.2) is 5.96 Å². The Balaban J connectivity index is 1.91.